The number of hydrogen-bond donors (Lipinski definition) is 2. The third kappa shape index (κ3) is 8.17. The Bertz CT molecular complexity index is 1880. The third-order valence-electron chi connectivity index (χ3n) is 9.06. The van der Waals surface area contributed by atoms with Crippen molar-refractivity contribution < 1.29 is 41.8 Å². The molecule has 3 heterocycles. The summed E-state index contributed by atoms with van der Waals surface area (Å²) in [4.78, 5) is 59.8. The molecule has 0 atom stereocenters. The third-order valence-corrected chi connectivity index (χ3v) is 9.69. The fraction of sp³-hybridized carbons (Fsp3) is 0.441. The highest BCUT2D eigenvalue weighted by Gasteiger charge is 2.48. The Hall–Kier alpha value is -4.58. The molecular formula is C34H39Cl2F3N8O6. The van der Waals surface area contributed by atoms with Crippen molar-refractivity contribution in [3.05, 3.63) is 63.3 Å². The molecule has 1 saturated heterocycles. The lowest BCUT2D eigenvalue weighted by atomic mass is 10.0. The van der Waals surface area contributed by atoms with Crippen LogP contribution in [0.5, 0.6) is 0 Å². The van der Waals surface area contributed by atoms with E-state index in [9.17, 15) is 32.3 Å². The van der Waals surface area contributed by atoms with Crippen LogP contribution < -0.4 is 20.4 Å². The second-order valence-electron chi connectivity index (χ2n) is 12.9. The van der Waals surface area contributed by atoms with Crippen LogP contribution in [-0.4, -0.2) is 110 Å². The molecule has 0 bridgehead atoms. The normalized spacial score (nSPS) is 15.6. The summed E-state index contributed by atoms with van der Waals surface area (Å²) < 4.78 is 53.1. The van der Waals surface area contributed by atoms with Gasteiger partial charge in [0.05, 0.1) is 58.0 Å². The molecule has 0 saturated carbocycles. The van der Waals surface area contributed by atoms with Gasteiger partial charge in [0.2, 0.25) is 0 Å². The topological polar surface area (TPSA) is 142 Å². The van der Waals surface area contributed by atoms with Crippen molar-refractivity contribution in [2.24, 2.45) is 0 Å². The summed E-state index contributed by atoms with van der Waals surface area (Å²) in [6.07, 6.45) is -6.17. The highest BCUT2D eigenvalue weighted by molar-refractivity contribution is 6.39. The lowest BCUT2D eigenvalue weighted by molar-refractivity contribution is -0.170. The van der Waals surface area contributed by atoms with Gasteiger partial charge in [-0.25, -0.2) is 9.59 Å². The minimum absolute atomic E-state index is 0.0155. The van der Waals surface area contributed by atoms with Crippen molar-refractivity contribution in [2.45, 2.75) is 39.0 Å². The molecule has 2 N–H and O–H groups in total. The van der Waals surface area contributed by atoms with Gasteiger partial charge in [0.1, 0.15) is 0 Å². The number of carbonyl (C=O) groups excluding carboxylic acids is 4. The first kappa shape index (κ1) is 39.6. The predicted molar refractivity (Wildman–Crippen MR) is 193 cm³/mol. The molecule has 1 fully saturated rings. The average Bonchev–Trinajstić information content (AvgIpc) is 3.60. The van der Waals surface area contributed by atoms with Gasteiger partial charge in [-0.2, -0.15) is 17.9 Å². The number of hydrogen-bond acceptors (Lipinski definition) is 9. The molecule has 2 aliphatic rings. The Morgan fingerprint density at radius 2 is 1.68 bits per heavy atom. The first-order valence-electron chi connectivity index (χ1n) is 16.6. The molecule has 2 aromatic carbocycles. The van der Waals surface area contributed by atoms with Crippen LogP contribution in [0.25, 0.3) is 0 Å². The van der Waals surface area contributed by atoms with E-state index < -0.39 is 42.2 Å². The lowest BCUT2D eigenvalue weighted by Gasteiger charge is -2.35. The molecule has 3 aromatic rings. The summed E-state index contributed by atoms with van der Waals surface area (Å²) >= 11 is 12.6. The number of nitrogens with one attached hydrogen (secondary N) is 2. The number of urea groups is 1. The van der Waals surface area contributed by atoms with Crippen LogP contribution in [0, 0.1) is 0 Å². The minimum atomic E-state index is -5.27. The Morgan fingerprint density at radius 1 is 1.02 bits per heavy atom. The second-order valence-corrected chi connectivity index (χ2v) is 13.7. The first-order chi connectivity index (χ1) is 25.0. The summed E-state index contributed by atoms with van der Waals surface area (Å²) in [5, 5.41) is 10.0. The maximum absolute atomic E-state index is 14.1. The Morgan fingerprint density at radius 3 is 2.28 bits per heavy atom. The number of methoxy groups -OCH3 is 1. The van der Waals surface area contributed by atoms with Gasteiger partial charge in [-0.15, -0.1) is 5.10 Å². The van der Waals surface area contributed by atoms with E-state index in [1.54, 1.807) is 45.0 Å². The first-order valence-corrected chi connectivity index (χ1v) is 17.3. The van der Waals surface area contributed by atoms with Crippen LogP contribution in [0.3, 0.4) is 0 Å². The number of likely N-dealkylation sites (N-methyl/N-ethyl adjacent to an activating group) is 1. The van der Waals surface area contributed by atoms with E-state index in [-0.39, 0.29) is 63.8 Å². The number of benzene rings is 2. The second kappa shape index (κ2) is 15.8. The Labute approximate surface area is 313 Å². The van der Waals surface area contributed by atoms with Crippen molar-refractivity contribution in [3.63, 3.8) is 0 Å². The van der Waals surface area contributed by atoms with E-state index in [1.807, 2.05) is 11.9 Å². The molecular weight excluding hydrogens is 744 g/mol. The van der Waals surface area contributed by atoms with Gasteiger partial charge in [-0.3, -0.25) is 9.59 Å². The molecule has 286 valence electrons. The zero-order chi connectivity index (χ0) is 38.8. The number of nitrogens with zero attached hydrogens (tertiary/aromatic N) is 6. The molecule has 19 heteroatoms. The van der Waals surface area contributed by atoms with E-state index in [2.05, 4.69) is 20.6 Å². The number of carbonyl (C=O) groups is 4. The van der Waals surface area contributed by atoms with Crippen molar-refractivity contribution in [2.75, 3.05) is 80.5 Å². The van der Waals surface area contributed by atoms with E-state index in [4.69, 9.17) is 32.7 Å². The standard InChI is InChI=1S/C34H39Cl2F3N8O6/c1-6-53-32(51)47-27-22(19-46(33(27,2)3)31(50)40-26-23(35)8-7-9-24(26)36)28(42-47)41-29(48)21-11-10-20(44-14-12-43(4)13-15-44)18-25(21)45(16-17-52-5)30(49)34(37,38)39/h7-11,18H,6,12-17,19H2,1-5H3,(H,40,50)(H,41,42,48). The quantitative estimate of drug-likeness (QED) is 0.267. The summed E-state index contributed by atoms with van der Waals surface area (Å²) in [6, 6.07) is 8.35. The maximum Gasteiger partial charge on any atom is 0.471 e. The average molecular weight is 784 g/mol. The van der Waals surface area contributed by atoms with Gasteiger partial charge in [-0.05, 0) is 58.2 Å². The monoisotopic (exact) mass is 782 g/mol. The molecule has 0 unspecified atom stereocenters. The van der Waals surface area contributed by atoms with Crippen LogP contribution in [0.4, 0.5) is 45.6 Å². The number of aromatic nitrogens is 2. The molecule has 14 nitrogen and oxygen atoms in total. The van der Waals surface area contributed by atoms with E-state index in [1.165, 1.54) is 24.1 Å². The Balaban J connectivity index is 1.56. The van der Waals surface area contributed by atoms with Crippen LogP contribution >= 0.6 is 23.2 Å². The number of fused-ring (bicyclic) bond motifs is 1. The van der Waals surface area contributed by atoms with Crippen molar-refractivity contribution in [1.29, 1.82) is 0 Å². The zero-order valence-corrected chi connectivity index (χ0v) is 31.2. The lowest BCUT2D eigenvalue weighted by Crippen LogP contribution is -2.45. The number of rotatable bonds is 9. The summed E-state index contributed by atoms with van der Waals surface area (Å²) in [5.41, 5.74) is -0.680. The van der Waals surface area contributed by atoms with Crippen molar-refractivity contribution in [3.8, 4) is 0 Å². The number of anilines is 4. The molecule has 0 radical (unpaired) electrons. The molecule has 53 heavy (non-hydrogen) atoms. The highest BCUT2D eigenvalue weighted by Crippen LogP contribution is 2.43. The van der Waals surface area contributed by atoms with Crippen molar-refractivity contribution in [1.82, 2.24) is 19.6 Å². The van der Waals surface area contributed by atoms with Gasteiger partial charge in [0, 0.05) is 51.1 Å². The largest absolute Gasteiger partial charge is 0.471 e. The number of ether oxygens (including phenoxy) is 2. The van der Waals surface area contributed by atoms with Crippen molar-refractivity contribution >= 4 is 70.0 Å². The van der Waals surface area contributed by atoms with Gasteiger partial charge in [0.15, 0.2) is 5.82 Å². The maximum atomic E-state index is 14.1. The molecule has 5 rings (SSSR count). The van der Waals surface area contributed by atoms with Gasteiger partial charge in [0.25, 0.3) is 5.91 Å². The number of halogens is 5. The van der Waals surface area contributed by atoms with Gasteiger partial charge >= 0.3 is 24.2 Å². The van der Waals surface area contributed by atoms with Gasteiger partial charge < -0.3 is 39.7 Å². The number of amides is 4. The summed E-state index contributed by atoms with van der Waals surface area (Å²) in [5.74, 6) is -3.27. The van der Waals surface area contributed by atoms with Crippen LogP contribution in [0.2, 0.25) is 10.0 Å². The van der Waals surface area contributed by atoms with Crippen LogP contribution in [0.15, 0.2) is 36.4 Å². The molecule has 2 aliphatic heterocycles. The van der Waals surface area contributed by atoms with Crippen LogP contribution in [0.1, 0.15) is 42.4 Å². The predicted octanol–water partition coefficient (Wildman–Crippen LogP) is 6.02. The fourth-order valence-electron chi connectivity index (χ4n) is 6.29. The van der Waals surface area contributed by atoms with Gasteiger partial charge in [-0.1, -0.05) is 29.3 Å². The molecule has 4 amide bonds. The SMILES string of the molecule is CCOC(=O)n1nc(NC(=O)c2ccc(N3CCN(C)CC3)cc2N(CCOC)C(=O)C(F)(F)F)c2c1C(C)(C)N(C(=O)Nc1c(Cl)cccc1Cl)C2. The zero-order valence-electron chi connectivity index (χ0n) is 29.6. The van der Waals surface area contributed by atoms with Crippen LogP contribution in [-0.2, 0) is 26.4 Å². The summed E-state index contributed by atoms with van der Waals surface area (Å²) in [7, 11) is 3.23. The number of piperazine rings is 1. The van der Waals surface area contributed by atoms with E-state index >= 15 is 0 Å². The smallest absolute Gasteiger partial charge is 0.448 e. The van der Waals surface area contributed by atoms with E-state index in [0.717, 1.165) is 4.68 Å². The number of para-hydroxylation sites is 1. The minimum Gasteiger partial charge on any atom is -0.448 e. The highest BCUT2D eigenvalue weighted by atomic mass is 35.5. The van der Waals surface area contributed by atoms with E-state index in [0.29, 0.717) is 36.8 Å². The Kier molecular flexibility index (Phi) is 11.8. The molecule has 0 spiro atoms. The molecule has 1 aromatic heterocycles. The number of alkyl halides is 3. The molecule has 0 aliphatic carbocycles. The fourth-order valence-corrected chi connectivity index (χ4v) is 6.78. The summed E-state index contributed by atoms with van der Waals surface area (Å²) in [6.45, 7) is 6.45.